The summed E-state index contributed by atoms with van der Waals surface area (Å²) in [6.07, 6.45) is 5.26. The van der Waals surface area contributed by atoms with Gasteiger partial charge in [0.25, 0.3) is 0 Å². The molecule has 68 valence electrons. The molecule has 0 unspecified atom stereocenters. The molecule has 0 aromatic heterocycles. The van der Waals surface area contributed by atoms with E-state index >= 15 is 0 Å². The molecule has 2 heteroatoms. The maximum absolute atomic E-state index is 5.20. The Balaban J connectivity index is 2.81. The van der Waals surface area contributed by atoms with Crippen LogP contribution in [0.5, 0.6) is 0 Å². The number of rotatable bonds is 3. The zero-order valence-electron chi connectivity index (χ0n) is 8.02. The van der Waals surface area contributed by atoms with Gasteiger partial charge in [-0.3, -0.25) is 0 Å². The molecular formula is C10H16O2. The van der Waals surface area contributed by atoms with Crippen LogP contribution in [0, 0.1) is 0 Å². The number of ether oxygens (including phenoxy) is 2. The normalized spacial score (nSPS) is 17.4. The highest BCUT2D eigenvalue weighted by Crippen LogP contribution is 2.26. The van der Waals surface area contributed by atoms with Gasteiger partial charge in [-0.25, -0.2) is 0 Å². The molecule has 0 bridgehead atoms. The molecule has 1 aliphatic rings. The Morgan fingerprint density at radius 3 is 2.50 bits per heavy atom. The summed E-state index contributed by atoms with van der Waals surface area (Å²) >= 11 is 0. The second-order valence-electron chi connectivity index (χ2n) is 2.85. The minimum Gasteiger partial charge on any atom is -0.497 e. The minimum atomic E-state index is 0.889. The van der Waals surface area contributed by atoms with Gasteiger partial charge in [0.2, 0.25) is 0 Å². The van der Waals surface area contributed by atoms with Gasteiger partial charge in [0, 0.05) is 6.42 Å². The molecule has 0 radical (unpaired) electrons. The first-order chi connectivity index (χ1) is 5.81. The van der Waals surface area contributed by atoms with Crippen LogP contribution < -0.4 is 0 Å². The molecule has 0 heterocycles. The van der Waals surface area contributed by atoms with Gasteiger partial charge >= 0.3 is 0 Å². The van der Waals surface area contributed by atoms with E-state index in [0.29, 0.717) is 0 Å². The molecule has 0 saturated heterocycles. The SMILES string of the molecule is CCC1=CC(OC)=C(OC)CC1. The van der Waals surface area contributed by atoms with Crippen LogP contribution in [0.4, 0.5) is 0 Å². The first kappa shape index (κ1) is 9.17. The molecule has 1 aliphatic carbocycles. The molecule has 0 aliphatic heterocycles. The summed E-state index contributed by atoms with van der Waals surface area (Å²) in [5.74, 6) is 1.86. The van der Waals surface area contributed by atoms with Crippen molar-refractivity contribution >= 4 is 0 Å². The lowest BCUT2D eigenvalue weighted by Gasteiger charge is -2.17. The van der Waals surface area contributed by atoms with E-state index in [4.69, 9.17) is 9.47 Å². The lowest BCUT2D eigenvalue weighted by atomic mass is 10.0. The van der Waals surface area contributed by atoms with Crippen molar-refractivity contribution in [1.82, 2.24) is 0 Å². The maximum atomic E-state index is 5.20. The first-order valence-corrected chi connectivity index (χ1v) is 4.32. The van der Waals surface area contributed by atoms with Gasteiger partial charge in [-0.1, -0.05) is 12.5 Å². The van der Waals surface area contributed by atoms with Gasteiger partial charge in [-0.05, 0) is 18.9 Å². The molecule has 12 heavy (non-hydrogen) atoms. The van der Waals surface area contributed by atoms with E-state index < -0.39 is 0 Å². The molecule has 0 aromatic carbocycles. The van der Waals surface area contributed by atoms with Gasteiger partial charge < -0.3 is 9.47 Å². The smallest absolute Gasteiger partial charge is 0.156 e. The lowest BCUT2D eigenvalue weighted by molar-refractivity contribution is 0.217. The Hall–Kier alpha value is -0.920. The fraction of sp³-hybridized carbons (Fsp3) is 0.600. The fourth-order valence-electron chi connectivity index (χ4n) is 1.39. The van der Waals surface area contributed by atoms with E-state index in [1.807, 2.05) is 0 Å². The Bertz CT molecular complexity index is 214. The van der Waals surface area contributed by atoms with E-state index in [-0.39, 0.29) is 0 Å². The second kappa shape index (κ2) is 4.19. The van der Waals surface area contributed by atoms with E-state index in [9.17, 15) is 0 Å². The average Bonchev–Trinajstić information content (AvgIpc) is 2.16. The van der Waals surface area contributed by atoms with Crippen LogP contribution in [-0.2, 0) is 9.47 Å². The third-order valence-corrected chi connectivity index (χ3v) is 2.20. The van der Waals surface area contributed by atoms with E-state index in [2.05, 4.69) is 13.0 Å². The Kier molecular flexibility index (Phi) is 3.20. The topological polar surface area (TPSA) is 18.5 Å². The van der Waals surface area contributed by atoms with Crippen LogP contribution >= 0.6 is 0 Å². The third kappa shape index (κ3) is 1.81. The molecule has 0 fully saturated rings. The highest BCUT2D eigenvalue weighted by molar-refractivity contribution is 5.26. The van der Waals surface area contributed by atoms with Gasteiger partial charge in [-0.15, -0.1) is 0 Å². The van der Waals surface area contributed by atoms with Gasteiger partial charge in [0.1, 0.15) is 5.76 Å². The van der Waals surface area contributed by atoms with Crippen molar-refractivity contribution in [2.24, 2.45) is 0 Å². The van der Waals surface area contributed by atoms with Gasteiger partial charge in [0.05, 0.1) is 14.2 Å². The third-order valence-electron chi connectivity index (χ3n) is 2.20. The molecule has 0 spiro atoms. The van der Waals surface area contributed by atoms with Crippen LogP contribution in [0.1, 0.15) is 26.2 Å². The minimum absolute atomic E-state index is 0.889. The highest BCUT2D eigenvalue weighted by atomic mass is 16.5. The van der Waals surface area contributed by atoms with Gasteiger partial charge in [-0.2, -0.15) is 0 Å². The standard InChI is InChI=1S/C10H16O2/c1-4-8-5-6-9(11-2)10(7-8)12-3/h7H,4-6H2,1-3H3. The maximum Gasteiger partial charge on any atom is 0.156 e. The molecule has 0 N–H and O–H groups in total. The predicted octanol–water partition coefficient (Wildman–Crippen LogP) is 2.62. The molecule has 0 amide bonds. The van der Waals surface area contributed by atoms with Crippen molar-refractivity contribution in [3.63, 3.8) is 0 Å². The number of hydrogen-bond acceptors (Lipinski definition) is 2. The van der Waals surface area contributed by atoms with Crippen LogP contribution in [0.3, 0.4) is 0 Å². The van der Waals surface area contributed by atoms with Crippen LogP contribution in [0.15, 0.2) is 23.2 Å². The van der Waals surface area contributed by atoms with Crippen molar-refractivity contribution in [3.8, 4) is 0 Å². The zero-order chi connectivity index (χ0) is 8.97. The second-order valence-corrected chi connectivity index (χ2v) is 2.85. The predicted molar refractivity (Wildman–Crippen MR) is 48.7 cm³/mol. The van der Waals surface area contributed by atoms with Crippen molar-refractivity contribution in [2.75, 3.05) is 14.2 Å². The monoisotopic (exact) mass is 168 g/mol. The summed E-state index contributed by atoms with van der Waals surface area (Å²) in [5, 5.41) is 0. The highest BCUT2D eigenvalue weighted by Gasteiger charge is 2.12. The van der Waals surface area contributed by atoms with Crippen LogP contribution in [0.25, 0.3) is 0 Å². The van der Waals surface area contributed by atoms with Gasteiger partial charge in [0.15, 0.2) is 5.76 Å². The Labute approximate surface area is 73.9 Å². The zero-order valence-corrected chi connectivity index (χ0v) is 8.02. The molecule has 0 aromatic rings. The van der Waals surface area contributed by atoms with Crippen LogP contribution in [-0.4, -0.2) is 14.2 Å². The average molecular weight is 168 g/mol. The molecule has 0 saturated carbocycles. The van der Waals surface area contributed by atoms with Crippen LogP contribution in [0.2, 0.25) is 0 Å². The molecule has 0 atom stereocenters. The Morgan fingerprint density at radius 2 is 2.00 bits per heavy atom. The van der Waals surface area contributed by atoms with Crippen molar-refractivity contribution in [3.05, 3.63) is 23.2 Å². The van der Waals surface area contributed by atoms with E-state index in [0.717, 1.165) is 30.8 Å². The summed E-state index contributed by atoms with van der Waals surface area (Å²) in [6, 6.07) is 0. The first-order valence-electron chi connectivity index (χ1n) is 4.32. The largest absolute Gasteiger partial charge is 0.497 e. The lowest BCUT2D eigenvalue weighted by Crippen LogP contribution is -2.02. The number of hydrogen-bond donors (Lipinski definition) is 0. The van der Waals surface area contributed by atoms with Crippen molar-refractivity contribution in [1.29, 1.82) is 0 Å². The summed E-state index contributed by atoms with van der Waals surface area (Å²) < 4.78 is 10.4. The Morgan fingerprint density at radius 1 is 1.25 bits per heavy atom. The molecule has 2 nitrogen and oxygen atoms in total. The van der Waals surface area contributed by atoms with E-state index in [1.54, 1.807) is 14.2 Å². The summed E-state index contributed by atoms with van der Waals surface area (Å²) in [7, 11) is 3.38. The van der Waals surface area contributed by atoms with Crippen molar-refractivity contribution < 1.29 is 9.47 Å². The molecular weight excluding hydrogens is 152 g/mol. The fourth-order valence-corrected chi connectivity index (χ4v) is 1.39. The summed E-state index contributed by atoms with van der Waals surface area (Å²) in [6.45, 7) is 2.16. The quantitative estimate of drug-likeness (QED) is 0.645. The van der Waals surface area contributed by atoms with E-state index in [1.165, 1.54) is 5.57 Å². The summed E-state index contributed by atoms with van der Waals surface area (Å²) in [5.41, 5.74) is 1.44. The summed E-state index contributed by atoms with van der Waals surface area (Å²) in [4.78, 5) is 0. The molecule has 1 rings (SSSR count). The van der Waals surface area contributed by atoms with Crippen molar-refractivity contribution in [2.45, 2.75) is 26.2 Å². The number of methoxy groups -OCH3 is 2. The number of allylic oxidation sites excluding steroid dienone is 3.